The number of hydrogen-bond acceptors (Lipinski definition) is 2. The van der Waals surface area contributed by atoms with E-state index in [-0.39, 0.29) is 0 Å². The zero-order valence-electron chi connectivity index (χ0n) is 13.3. The average Bonchev–Trinajstić information content (AvgIpc) is 2.55. The zero-order chi connectivity index (χ0) is 15.1. The highest BCUT2D eigenvalue weighted by Gasteiger charge is 2.23. The Kier molecular flexibility index (Phi) is 6.09. The van der Waals surface area contributed by atoms with E-state index in [2.05, 4.69) is 17.9 Å². The Morgan fingerprint density at radius 2 is 2.05 bits per heavy atom. The number of amides is 1. The molecule has 0 spiro atoms. The molecule has 1 amide bonds. The van der Waals surface area contributed by atoms with Gasteiger partial charge in [-0.15, -0.1) is 0 Å². The quantitative estimate of drug-likeness (QED) is 0.797. The van der Waals surface area contributed by atoms with Crippen molar-refractivity contribution in [3.05, 3.63) is 29.8 Å². The highest BCUT2D eigenvalue weighted by atomic mass is 16.5. The fraction of sp³-hybridized carbons (Fsp3) is 0.611. The van der Waals surface area contributed by atoms with Crippen LogP contribution in [-0.4, -0.2) is 30.5 Å². The van der Waals surface area contributed by atoms with Crippen molar-refractivity contribution in [2.75, 3.05) is 13.7 Å². The number of aryl methyl sites for hydroxylation is 1. The molecular formula is C18H27NO2. The third kappa shape index (κ3) is 4.48. The average molecular weight is 289 g/mol. The van der Waals surface area contributed by atoms with Gasteiger partial charge in [-0.3, -0.25) is 4.79 Å². The van der Waals surface area contributed by atoms with E-state index in [0.717, 1.165) is 18.7 Å². The van der Waals surface area contributed by atoms with Gasteiger partial charge in [0.1, 0.15) is 5.75 Å². The predicted octanol–water partition coefficient (Wildman–Crippen LogP) is 3.81. The van der Waals surface area contributed by atoms with Crippen LogP contribution in [0.15, 0.2) is 24.3 Å². The van der Waals surface area contributed by atoms with Crippen LogP contribution < -0.4 is 4.74 Å². The molecular weight excluding hydrogens is 262 g/mol. The number of carbonyl (C=O) groups is 1. The summed E-state index contributed by atoms with van der Waals surface area (Å²) in [5, 5.41) is 0. The summed E-state index contributed by atoms with van der Waals surface area (Å²) in [4.78, 5) is 14.6. The normalized spacial score (nSPS) is 15.7. The van der Waals surface area contributed by atoms with Gasteiger partial charge in [0.15, 0.2) is 0 Å². The second-order valence-electron chi connectivity index (χ2n) is 5.82. The molecule has 116 valence electrons. The van der Waals surface area contributed by atoms with Crippen LogP contribution in [-0.2, 0) is 11.2 Å². The Labute approximate surface area is 128 Å². The molecule has 0 heterocycles. The molecule has 0 aromatic heterocycles. The summed E-state index contributed by atoms with van der Waals surface area (Å²) >= 11 is 0. The summed E-state index contributed by atoms with van der Waals surface area (Å²) in [7, 11) is 1.67. The first-order chi connectivity index (χ1) is 10.2. The molecule has 21 heavy (non-hydrogen) atoms. The Hall–Kier alpha value is -1.51. The van der Waals surface area contributed by atoms with E-state index < -0.39 is 0 Å². The predicted molar refractivity (Wildman–Crippen MR) is 85.6 cm³/mol. The van der Waals surface area contributed by atoms with E-state index in [1.54, 1.807) is 7.11 Å². The van der Waals surface area contributed by atoms with E-state index in [1.165, 1.54) is 37.7 Å². The lowest BCUT2D eigenvalue weighted by Gasteiger charge is -2.33. The minimum Gasteiger partial charge on any atom is -0.497 e. The van der Waals surface area contributed by atoms with Crippen LogP contribution in [0.2, 0.25) is 0 Å². The summed E-state index contributed by atoms with van der Waals surface area (Å²) in [6.45, 7) is 2.93. The zero-order valence-corrected chi connectivity index (χ0v) is 13.3. The smallest absolute Gasteiger partial charge is 0.223 e. The van der Waals surface area contributed by atoms with Gasteiger partial charge in [0.2, 0.25) is 5.91 Å². The van der Waals surface area contributed by atoms with Crippen LogP contribution >= 0.6 is 0 Å². The lowest BCUT2D eigenvalue weighted by atomic mass is 9.94. The summed E-state index contributed by atoms with van der Waals surface area (Å²) < 4.78 is 5.23. The van der Waals surface area contributed by atoms with Crippen molar-refractivity contribution in [3.63, 3.8) is 0 Å². The van der Waals surface area contributed by atoms with Crippen LogP contribution in [0.1, 0.15) is 51.0 Å². The van der Waals surface area contributed by atoms with Crippen molar-refractivity contribution in [1.82, 2.24) is 4.90 Å². The highest BCUT2D eigenvalue weighted by molar-refractivity contribution is 5.76. The van der Waals surface area contributed by atoms with Crippen LogP contribution in [0.3, 0.4) is 0 Å². The number of methoxy groups -OCH3 is 1. The van der Waals surface area contributed by atoms with Gasteiger partial charge in [0.25, 0.3) is 0 Å². The van der Waals surface area contributed by atoms with Crippen LogP contribution in [0.5, 0.6) is 5.75 Å². The molecule has 1 fully saturated rings. The molecule has 0 unspecified atom stereocenters. The van der Waals surface area contributed by atoms with Crippen LogP contribution in [0.4, 0.5) is 0 Å². The number of rotatable bonds is 6. The van der Waals surface area contributed by atoms with E-state index in [0.29, 0.717) is 18.4 Å². The minimum atomic E-state index is 0.298. The van der Waals surface area contributed by atoms with Crippen molar-refractivity contribution >= 4 is 5.91 Å². The van der Waals surface area contributed by atoms with Gasteiger partial charge < -0.3 is 9.64 Å². The van der Waals surface area contributed by atoms with Gasteiger partial charge in [-0.2, -0.15) is 0 Å². The van der Waals surface area contributed by atoms with Crippen molar-refractivity contribution < 1.29 is 9.53 Å². The lowest BCUT2D eigenvalue weighted by molar-refractivity contribution is -0.133. The highest BCUT2D eigenvalue weighted by Crippen LogP contribution is 2.23. The molecule has 0 N–H and O–H groups in total. The molecule has 1 aliphatic carbocycles. The molecule has 2 rings (SSSR count). The fourth-order valence-corrected chi connectivity index (χ4v) is 3.25. The maximum atomic E-state index is 12.5. The first-order valence-electron chi connectivity index (χ1n) is 8.17. The Morgan fingerprint density at radius 3 is 2.71 bits per heavy atom. The molecule has 1 aromatic rings. The topological polar surface area (TPSA) is 29.5 Å². The third-order valence-corrected chi connectivity index (χ3v) is 4.44. The Bertz CT molecular complexity index is 452. The third-order valence-electron chi connectivity index (χ3n) is 4.44. The van der Waals surface area contributed by atoms with Crippen molar-refractivity contribution in [2.24, 2.45) is 0 Å². The number of hydrogen-bond donors (Lipinski definition) is 0. The van der Waals surface area contributed by atoms with E-state index in [1.807, 2.05) is 18.2 Å². The summed E-state index contributed by atoms with van der Waals surface area (Å²) in [5.74, 6) is 1.16. The largest absolute Gasteiger partial charge is 0.497 e. The monoisotopic (exact) mass is 289 g/mol. The van der Waals surface area contributed by atoms with Gasteiger partial charge in [-0.1, -0.05) is 31.4 Å². The van der Waals surface area contributed by atoms with E-state index in [4.69, 9.17) is 4.74 Å². The summed E-state index contributed by atoms with van der Waals surface area (Å²) in [5.41, 5.74) is 1.17. The molecule has 1 aliphatic rings. The standard InChI is InChI=1S/C18H27NO2/c1-3-19(16-9-5-4-6-10-16)18(20)13-12-15-8-7-11-17(14-15)21-2/h7-8,11,14,16H,3-6,9-10,12-13H2,1-2H3. The molecule has 0 bridgehead atoms. The first-order valence-corrected chi connectivity index (χ1v) is 8.17. The second-order valence-corrected chi connectivity index (χ2v) is 5.82. The molecule has 1 aromatic carbocycles. The number of benzene rings is 1. The van der Waals surface area contributed by atoms with Gasteiger partial charge in [0, 0.05) is 19.0 Å². The van der Waals surface area contributed by atoms with E-state index in [9.17, 15) is 4.79 Å². The van der Waals surface area contributed by atoms with Crippen LogP contribution in [0.25, 0.3) is 0 Å². The summed E-state index contributed by atoms with van der Waals surface area (Å²) in [6.07, 6.45) is 7.61. The molecule has 1 saturated carbocycles. The Balaban J connectivity index is 1.89. The number of nitrogens with zero attached hydrogens (tertiary/aromatic N) is 1. The first kappa shape index (κ1) is 15.9. The maximum Gasteiger partial charge on any atom is 0.223 e. The van der Waals surface area contributed by atoms with Crippen molar-refractivity contribution in [3.8, 4) is 5.75 Å². The lowest BCUT2D eigenvalue weighted by Crippen LogP contribution is -2.41. The van der Waals surface area contributed by atoms with E-state index >= 15 is 0 Å². The van der Waals surface area contributed by atoms with Gasteiger partial charge in [-0.25, -0.2) is 0 Å². The molecule has 0 aliphatic heterocycles. The second kappa shape index (κ2) is 8.06. The van der Waals surface area contributed by atoms with Crippen molar-refractivity contribution in [2.45, 2.75) is 57.9 Å². The van der Waals surface area contributed by atoms with Gasteiger partial charge >= 0.3 is 0 Å². The summed E-state index contributed by atoms with van der Waals surface area (Å²) in [6, 6.07) is 8.47. The SMILES string of the molecule is CCN(C(=O)CCc1cccc(OC)c1)C1CCCCC1. The molecule has 0 atom stereocenters. The molecule has 3 heteroatoms. The van der Waals surface area contributed by atoms with Gasteiger partial charge in [-0.05, 0) is 43.9 Å². The fourth-order valence-electron chi connectivity index (χ4n) is 3.25. The molecule has 0 radical (unpaired) electrons. The van der Waals surface area contributed by atoms with Crippen LogP contribution in [0, 0.1) is 0 Å². The molecule has 0 saturated heterocycles. The maximum absolute atomic E-state index is 12.5. The Morgan fingerprint density at radius 1 is 1.29 bits per heavy atom. The molecule has 3 nitrogen and oxygen atoms in total. The number of ether oxygens (including phenoxy) is 1. The number of carbonyl (C=O) groups excluding carboxylic acids is 1. The minimum absolute atomic E-state index is 0.298. The van der Waals surface area contributed by atoms with Gasteiger partial charge in [0.05, 0.1) is 7.11 Å². The van der Waals surface area contributed by atoms with Crippen molar-refractivity contribution in [1.29, 1.82) is 0 Å².